The lowest BCUT2D eigenvalue weighted by atomic mass is 9.33. The van der Waals surface area contributed by atoms with Gasteiger partial charge in [0.15, 0.2) is 11.6 Å². The van der Waals surface area contributed by atoms with Gasteiger partial charge in [-0.2, -0.15) is 0 Å². The molecule has 0 radical (unpaired) electrons. The van der Waals surface area contributed by atoms with E-state index in [9.17, 15) is 4.79 Å². The van der Waals surface area contributed by atoms with Crippen LogP contribution in [0, 0.1) is 0 Å². The Hall–Kier alpha value is -13.0. The fourth-order valence-corrected chi connectivity index (χ4v) is 14.4. The van der Waals surface area contributed by atoms with Gasteiger partial charge in [0, 0.05) is 78.3 Å². The Bertz CT molecular complexity index is 5690. The molecule has 0 saturated heterocycles. The Morgan fingerprint density at radius 3 is 1.46 bits per heavy atom. The van der Waals surface area contributed by atoms with Gasteiger partial charge >= 0.3 is 5.97 Å². The third kappa shape index (κ3) is 10.3. The summed E-state index contributed by atoms with van der Waals surface area (Å²) in [6.07, 6.45) is 0. The molecule has 0 saturated carbocycles. The monoisotopic (exact) mass is 1260 g/mol. The SMILES string of the molecule is O=C(OCc1ccccc1)c1ccc2c(c1)c1ccccc1n2-c1ccc(-c2cc(-c3ccccc3)nc(-c3ccccc3)n2)cc1-c1nc(-c2ccccc2)cc(-c2cccc(-c3cccc(N4c5ccccc5B5c6ccccc6N(c6ccccc6)c6cccc4c65)c3)c2)n1. The number of carbonyl (C=O) groups is 1. The molecule has 2 aliphatic heterocycles. The maximum absolute atomic E-state index is 13.9. The van der Waals surface area contributed by atoms with Crippen LogP contribution in [0.4, 0.5) is 34.1 Å². The Morgan fingerprint density at radius 2 is 0.796 bits per heavy atom. The van der Waals surface area contributed by atoms with Crippen molar-refractivity contribution in [2.45, 2.75) is 6.61 Å². The van der Waals surface area contributed by atoms with Gasteiger partial charge in [-0.15, -0.1) is 0 Å². The van der Waals surface area contributed by atoms with E-state index in [1.54, 1.807) is 0 Å². The molecule has 0 spiro atoms. The third-order valence-corrected chi connectivity index (χ3v) is 18.9. The summed E-state index contributed by atoms with van der Waals surface area (Å²) in [5, 5.41) is 1.88. The molecule has 0 fully saturated rings. The van der Waals surface area contributed by atoms with Gasteiger partial charge in [0.25, 0.3) is 6.71 Å². The normalized spacial score (nSPS) is 12.1. The van der Waals surface area contributed by atoms with Crippen LogP contribution in [0.3, 0.4) is 0 Å². The summed E-state index contributed by atoms with van der Waals surface area (Å²) < 4.78 is 8.18. The van der Waals surface area contributed by atoms with E-state index in [4.69, 9.17) is 24.7 Å². The first-order valence-electron chi connectivity index (χ1n) is 33.0. The molecule has 0 aliphatic carbocycles. The van der Waals surface area contributed by atoms with Gasteiger partial charge in [-0.1, -0.05) is 237 Å². The zero-order valence-corrected chi connectivity index (χ0v) is 53.1. The van der Waals surface area contributed by atoms with E-state index in [1.165, 1.54) is 27.8 Å². The molecule has 0 bridgehead atoms. The van der Waals surface area contributed by atoms with E-state index in [-0.39, 0.29) is 13.3 Å². The molecule has 0 atom stereocenters. The average molecular weight is 1260 g/mol. The number of ether oxygens (including phenoxy) is 1. The van der Waals surface area contributed by atoms with Gasteiger partial charge in [-0.3, -0.25) is 0 Å². The number of hydrogen-bond acceptors (Lipinski definition) is 8. The summed E-state index contributed by atoms with van der Waals surface area (Å²) >= 11 is 0. The van der Waals surface area contributed by atoms with Crippen LogP contribution < -0.4 is 26.2 Å². The number of nitrogens with zero attached hydrogens (tertiary/aromatic N) is 7. The molecule has 0 N–H and O–H groups in total. The van der Waals surface area contributed by atoms with Crippen LogP contribution in [-0.2, 0) is 11.3 Å². The van der Waals surface area contributed by atoms with Crippen molar-refractivity contribution in [2.24, 2.45) is 0 Å². The van der Waals surface area contributed by atoms with Gasteiger partial charge in [-0.05, 0) is 136 Å². The molecule has 98 heavy (non-hydrogen) atoms. The van der Waals surface area contributed by atoms with Crippen molar-refractivity contribution in [3.8, 4) is 84.6 Å². The molecule has 0 amide bonds. The number of benzene rings is 13. The largest absolute Gasteiger partial charge is 0.457 e. The van der Waals surface area contributed by atoms with E-state index in [2.05, 4.69) is 233 Å². The summed E-state index contributed by atoms with van der Waals surface area (Å²) in [4.78, 5) is 40.6. The number of rotatable bonds is 13. The van der Waals surface area contributed by atoms with Crippen LogP contribution in [0.1, 0.15) is 15.9 Å². The van der Waals surface area contributed by atoms with E-state index < -0.39 is 5.97 Å². The van der Waals surface area contributed by atoms with E-state index in [1.807, 2.05) is 121 Å². The highest BCUT2D eigenvalue weighted by Gasteiger charge is 2.43. The lowest BCUT2D eigenvalue weighted by Gasteiger charge is -2.44. The fraction of sp³-hybridized carbons (Fsp3) is 0.0114. The van der Waals surface area contributed by atoms with Crippen molar-refractivity contribution in [1.82, 2.24) is 24.5 Å². The van der Waals surface area contributed by atoms with Crippen LogP contribution in [0.2, 0.25) is 0 Å². The Balaban J connectivity index is 0.796. The predicted octanol–water partition coefficient (Wildman–Crippen LogP) is 19.5. The summed E-state index contributed by atoms with van der Waals surface area (Å²) in [5.41, 5.74) is 25.2. The van der Waals surface area contributed by atoms with Crippen LogP contribution in [0.15, 0.2) is 340 Å². The molecule has 2 aliphatic rings. The van der Waals surface area contributed by atoms with Crippen molar-refractivity contribution >= 4 is 85.0 Å². The third-order valence-electron chi connectivity index (χ3n) is 18.9. The topological polar surface area (TPSA) is 89.3 Å². The molecule has 460 valence electrons. The minimum absolute atomic E-state index is 0.0345. The van der Waals surface area contributed by atoms with Crippen LogP contribution in [-0.4, -0.2) is 37.2 Å². The van der Waals surface area contributed by atoms with Crippen LogP contribution in [0.5, 0.6) is 0 Å². The molecule has 5 heterocycles. The van der Waals surface area contributed by atoms with E-state index >= 15 is 0 Å². The molecular weight excluding hydrogens is 1200 g/mol. The maximum atomic E-state index is 13.9. The van der Waals surface area contributed by atoms with E-state index in [0.717, 1.165) is 123 Å². The highest BCUT2D eigenvalue weighted by Crippen LogP contribution is 2.46. The lowest BCUT2D eigenvalue weighted by Crippen LogP contribution is -2.61. The molecule has 9 nitrogen and oxygen atoms in total. The Morgan fingerprint density at radius 1 is 0.327 bits per heavy atom. The summed E-state index contributed by atoms with van der Waals surface area (Å²) in [5.74, 6) is 0.726. The zero-order chi connectivity index (χ0) is 65.0. The lowest BCUT2D eigenvalue weighted by molar-refractivity contribution is 0.0473. The Labute approximate surface area is 567 Å². The minimum Gasteiger partial charge on any atom is -0.457 e. The molecule has 10 heteroatoms. The van der Waals surface area contributed by atoms with Crippen molar-refractivity contribution < 1.29 is 9.53 Å². The van der Waals surface area contributed by atoms with Crippen molar-refractivity contribution in [3.63, 3.8) is 0 Å². The van der Waals surface area contributed by atoms with Crippen LogP contribution >= 0.6 is 0 Å². The standard InChI is InChI=1S/C88H58BN7O2/c97-88(98-57-58-25-6-1-7-26-58)66-48-50-79-70(54-66)69-39-16-19-42-78(69)96(79)80-49-47-65(77-55-74(59-27-8-2-9-28-59)90-86(91-77)61-31-12-4-13-32-61)53-71(80)87-92-75(60-29-10-3-11-30-60)56-76(93-87)64-35-22-33-62(51-64)63-34-23-38-68(52-63)95-82-44-21-18-41-73(82)89-72-40-17-20-43-81(72)94(67-36-14-5-15-37-67)83-45-24-46-84(95)85(83)89/h1-56H,57H2. The first-order chi connectivity index (χ1) is 48.5. The molecule has 3 aromatic heterocycles. The summed E-state index contributed by atoms with van der Waals surface area (Å²) in [7, 11) is 0. The first kappa shape index (κ1) is 57.6. The second-order valence-corrected chi connectivity index (χ2v) is 24.8. The van der Waals surface area contributed by atoms with Gasteiger partial charge in [0.1, 0.15) is 6.61 Å². The van der Waals surface area contributed by atoms with Gasteiger partial charge in [0.05, 0.1) is 45.1 Å². The second kappa shape index (κ2) is 24.4. The van der Waals surface area contributed by atoms with Gasteiger partial charge < -0.3 is 19.1 Å². The number of esters is 1. The second-order valence-electron chi connectivity index (χ2n) is 24.8. The Kier molecular flexibility index (Phi) is 14.3. The first-order valence-corrected chi connectivity index (χ1v) is 33.0. The number of anilines is 6. The number of aromatic nitrogens is 5. The minimum atomic E-state index is -0.397. The van der Waals surface area contributed by atoms with E-state index in [0.29, 0.717) is 17.2 Å². The van der Waals surface area contributed by atoms with Crippen molar-refractivity contribution in [3.05, 3.63) is 351 Å². The maximum Gasteiger partial charge on any atom is 0.338 e. The summed E-state index contributed by atoms with van der Waals surface area (Å²) in [6, 6.07) is 118. The highest BCUT2D eigenvalue weighted by molar-refractivity contribution is 7.00. The highest BCUT2D eigenvalue weighted by atomic mass is 16.5. The summed E-state index contributed by atoms with van der Waals surface area (Å²) in [6.45, 7) is 0.200. The van der Waals surface area contributed by atoms with Gasteiger partial charge in [-0.25, -0.2) is 24.7 Å². The molecular formula is C88H58BN7O2. The van der Waals surface area contributed by atoms with Crippen LogP contribution in [0.25, 0.3) is 106 Å². The molecule has 13 aromatic carbocycles. The number of hydrogen-bond donors (Lipinski definition) is 0. The van der Waals surface area contributed by atoms with Crippen molar-refractivity contribution in [1.29, 1.82) is 0 Å². The smallest absolute Gasteiger partial charge is 0.338 e. The average Bonchev–Trinajstić information content (AvgIpc) is 0.850. The predicted molar refractivity (Wildman–Crippen MR) is 400 cm³/mol. The number of para-hydroxylation sites is 4. The molecule has 0 unspecified atom stereocenters. The fourth-order valence-electron chi connectivity index (χ4n) is 14.4. The number of fused-ring (bicyclic) bond motifs is 7. The van der Waals surface area contributed by atoms with Crippen molar-refractivity contribution in [2.75, 3.05) is 9.80 Å². The number of carbonyl (C=O) groups excluding carboxylic acids is 1. The molecule has 18 rings (SSSR count). The van der Waals surface area contributed by atoms with Gasteiger partial charge in [0.2, 0.25) is 0 Å². The zero-order valence-electron chi connectivity index (χ0n) is 53.1. The molecule has 16 aromatic rings. The quantitative estimate of drug-likeness (QED) is 0.0833.